The average Bonchev–Trinajstić information content (AvgIpc) is 2.18. The van der Waals surface area contributed by atoms with E-state index in [1.807, 2.05) is 30.3 Å². The van der Waals surface area contributed by atoms with E-state index in [9.17, 15) is 0 Å². The van der Waals surface area contributed by atoms with Crippen LogP contribution >= 0.6 is 11.6 Å². The lowest BCUT2D eigenvalue weighted by molar-refractivity contribution is 0.152. The van der Waals surface area contributed by atoms with Crippen molar-refractivity contribution in [3.05, 3.63) is 40.8 Å². The second-order valence-electron chi connectivity index (χ2n) is 4.43. The molecule has 0 aliphatic carbocycles. The van der Waals surface area contributed by atoms with Gasteiger partial charge in [-0.25, -0.2) is 0 Å². The van der Waals surface area contributed by atoms with Gasteiger partial charge in [0.05, 0.1) is 7.11 Å². The molecule has 2 nitrogen and oxygen atoms in total. The fourth-order valence-corrected chi connectivity index (χ4v) is 2.00. The Morgan fingerprint density at radius 3 is 2.19 bits per heavy atom. The van der Waals surface area contributed by atoms with E-state index in [0.29, 0.717) is 5.95 Å². The highest BCUT2D eigenvalue weighted by Gasteiger charge is 2.18. The summed E-state index contributed by atoms with van der Waals surface area (Å²) < 4.78 is 11.0. The maximum Gasteiger partial charge on any atom is 0.265 e. The Morgan fingerprint density at radius 2 is 1.75 bits per heavy atom. The van der Waals surface area contributed by atoms with Gasteiger partial charge in [-0.3, -0.25) is 0 Å². The summed E-state index contributed by atoms with van der Waals surface area (Å²) in [4.78, 5) is 0. The van der Waals surface area contributed by atoms with Crippen molar-refractivity contribution < 1.29 is 9.16 Å². The van der Waals surface area contributed by atoms with Gasteiger partial charge in [-0.2, -0.15) is 0 Å². The minimum atomic E-state index is -1.63. The first-order valence-corrected chi connectivity index (χ1v) is 8.89. The molecule has 0 fully saturated rings. The van der Waals surface area contributed by atoms with Gasteiger partial charge >= 0.3 is 0 Å². The molecule has 4 heteroatoms. The van der Waals surface area contributed by atoms with Gasteiger partial charge in [-0.1, -0.05) is 23.7 Å². The second kappa shape index (κ2) is 5.41. The number of halogens is 1. The summed E-state index contributed by atoms with van der Waals surface area (Å²) >= 11 is 5.81. The third-order valence-corrected chi connectivity index (χ3v) is 2.83. The molecule has 0 heterocycles. The fourth-order valence-electron chi connectivity index (χ4n) is 1.13. The second-order valence-corrected chi connectivity index (χ2v) is 9.30. The largest absolute Gasteiger partial charge is 0.520 e. The van der Waals surface area contributed by atoms with E-state index in [0.717, 1.165) is 10.6 Å². The first-order chi connectivity index (χ1) is 7.40. The van der Waals surface area contributed by atoms with Crippen LogP contribution < -0.4 is 0 Å². The molecule has 88 valence electrons. The zero-order valence-corrected chi connectivity index (χ0v) is 11.8. The Labute approximate surface area is 103 Å². The lowest BCUT2D eigenvalue weighted by Gasteiger charge is -2.20. The van der Waals surface area contributed by atoms with Crippen LogP contribution in [0.25, 0.3) is 6.08 Å². The number of hydrogen-bond donors (Lipinski definition) is 0. The summed E-state index contributed by atoms with van der Waals surface area (Å²) in [6.45, 7) is 6.34. The third kappa shape index (κ3) is 4.73. The highest BCUT2D eigenvalue weighted by molar-refractivity contribution is 6.70. The number of methoxy groups -OCH3 is 1. The van der Waals surface area contributed by atoms with Gasteiger partial charge in [-0.15, -0.1) is 0 Å². The maximum atomic E-state index is 5.81. The highest BCUT2D eigenvalue weighted by Crippen LogP contribution is 2.16. The summed E-state index contributed by atoms with van der Waals surface area (Å²) in [5.74, 6) is 0.557. The van der Waals surface area contributed by atoms with Crippen LogP contribution in [-0.4, -0.2) is 15.4 Å². The van der Waals surface area contributed by atoms with E-state index in [1.54, 1.807) is 7.11 Å². The smallest absolute Gasteiger partial charge is 0.265 e. The van der Waals surface area contributed by atoms with E-state index in [2.05, 4.69) is 19.6 Å². The molecule has 0 N–H and O–H groups in total. The summed E-state index contributed by atoms with van der Waals surface area (Å²) in [7, 11) is -0.0124. The lowest BCUT2D eigenvalue weighted by Crippen LogP contribution is -2.25. The van der Waals surface area contributed by atoms with Crippen molar-refractivity contribution in [2.24, 2.45) is 0 Å². The predicted octanol–water partition coefficient (Wildman–Crippen LogP) is 4.14. The number of ether oxygens (including phenoxy) is 1. The van der Waals surface area contributed by atoms with Crippen LogP contribution in [0.1, 0.15) is 5.56 Å². The molecule has 0 aromatic heterocycles. The van der Waals surface area contributed by atoms with Gasteiger partial charge in [0, 0.05) is 11.1 Å². The van der Waals surface area contributed by atoms with E-state index in [4.69, 9.17) is 20.8 Å². The van der Waals surface area contributed by atoms with Crippen molar-refractivity contribution in [2.75, 3.05) is 7.11 Å². The molecule has 0 saturated heterocycles. The van der Waals surface area contributed by atoms with Crippen LogP contribution in [0.4, 0.5) is 0 Å². The van der Waals surface area contributed by atoms with Crippen molar-refractivity contribution in [2.45, 2.75) is 19.6 Å². The van der Waals surface area contributed by atoms with Gasteiger partial charge in [-0.05, 0) is 37.3 Å². The fraction of sp³-hybridized carbons (Fsp3) is 0.333. The SMILES string of the molecule is CO/C(=C\c1ccc(Cl)cc1)O[Si](C)(C)C. The van der Waals surface area contributed by atoms with Gasteiger partial charge in [0.2, 0.25) is 8.32 Å². The molecule has 0 saturated carbocycles. The monoisotopic (exact) mass is 256 g/mol. The zero-order chi connectivity index (χ0) is 12.2. The third-order valence-electron chi connectivity index (χ3n) is 1.76. The molecule has 0 amide bonds. The molecule has 0 radical (unpaired) electrons. The van der Waals surface area contributed by atoms with Crippen molar-refractivity contribution in [1.29, 1.82) is 0 Å². The Hall–Kier alpha value is -0.933. The summed E-state index contributed by atoms with van der Waals surface area (Å²) in [6, 6.07) is 7.54. The molecular formula is C12H17ClO2Si. The lowest BCUT2D eigenvalue weighted by atomic mass is 10.2. The zero-order valence-electron chi connectivity index (χ0n) is 10.1. The summed E-state index contributed by atoms with van der Waals surface area (Å²) in [6.07, 6.45) is 1.87. The number of rotatable bonds is 4. The van der Waals surface area contributed by atoms with Crippen LogP contribution in [0.3, 0.4) is 0 Å². The molecule has 1 aromatic carbocycles. The predicted molar refractivity (Wildman–Crippen MR) is 70.9 cm³/mol. The van der Waals surface area contributed by atoms with Gasteiger partial charge in [0.1, 0.15) is 0 Å². The summed E-state index contributed by atoms with van der Waals surface area (Å²) in [5, 5.41) is 0.724. The van der Waals surface area contributed by atoms with Crippen molar-refractivity contribution in [1.82, 2.24) is 0 Å². The van der Waals surface area contributed by atoms with E-state index < -0.39 is 8.32 Å². The Balaban J connectivity index is 2.83. The van der Waals surface area contributed by atoms with Gasteiger partial charge in [0.15, 0.2) is 0 Å². The van der Waals surface area contributed by atoms with Gasteiger partial charge < -0.3 is 9.16 Å². The molecule has 0 spiro atoms. The Morgan fingerprint density at radius 1 is 1.19 bits per heavy atom. The first kappa shape index (κ1) is 13.1. The highest BCUT2D eigenvalue weighted by atomic mass is 35.5. The van der Waals surface area contributed by atoms with Crippen LogP contribution in [0, 0.1) is 0 Å². The van der Waals surface area contributed by atoms with Crippen LogP contribution in [0.5, 0.6) is 0 Å². The molecule has 16 heavy (non-hydrogen) atoms. The number of benzene rings is 1. The quantitative estimate of drug-likeness (QED) is 0.596. The van der Waals surface area contributed by atoms with Gasteiger partial charge in [0.25, 0.3) is 5.95 Å². The molecule has 0 unspecified atom stereocenters. The Bertz CT molecular complexity index is 366. The Kier molecular flexibility index (Phi) is 4.44. The minimum Gasteiger partial charge on any atom is -0.520 e. The average molecular weight is 257 g/mol. The van der Waals surface area contributed by atoms with Crippen LogP contribution in [0.15, 0.2) is 30.2 Å². The number of hydrogen-bond acceptors (Lipinski definition) is 2. The van der Waals surface area contributed by atoms with E-state index in [-0.39, 0.29) is 0 Å². The molecule has 0 bridgehead atoms. The van der Waals surface area contributed by atoms with Crippen molar-refractivity contribution in [3.63, 3.8) is 0 Å². The maximum absolute atomic E-state index is 5.81. The van der Waals surface area contributed by atoms with Crippen molar-refractivity contribution in [3.8, 4) is 0 Å². The van der Waals surface area contributed by atoms with E-state index in [1.165, 1.54) is 0 Å². The topological polar surface area (TPSA) is 18.5 Å². The molecule has 0 aliphatic rings. The molecule has 0 aliphatic heterocycles. The molecule has 1 aromatic rings. The molecule has 1 rings (SSSR count). The minimum absolute atomic E-state index is 0.557. The van der Waals surface area contributed by atoms with E-state index >= 15 is 0 Å². The van der Waals surface area contributed by atoms with Crippen LogP contribution in [-0.2, 0) is 9.16 Å². The van der Waals surface area contributed by atoms with Crippen molar-refractivity contribution >= 4 is 26.0 Å². The normalized spacial score (nSPS) is 12.4. The standard InChI is InChI=1S/C12H17ClO2Si/c1-14-12(15-16(2,3)4)9-10-5-7-11(13)8-6-10/h5-9H,1-4H3/b12-9+. The van der Waals surface area contributed by atoms with Crippen LogP contribution in [0.2, 0.25) is 24.7 Å². The molecule has 0 atom stereocenters. The molecular weight excluding hydrogens is 240 g/mol. The summed E-state index contributed by atoms with van der Waals surface area (Å²) in [5.41, 5.74) is 1.01. The first-order valence-electron chi connectivity index (χ1n) is 5.11.